The predicted molar refractivity (Wildman–Crippen MR) is 418 cm³/mol. The van der Waals surface area contributed by atoms with Crippen molar-refractivity contribution in [3.05, 3.63) is 0 Å². The van der Waals surface area contributed by atoms with Gasteiger partial charge in [-0.1, -0.05) is 0 Å². The minimum absolute atomic E-state index is 0.840. The fourth-order valence-corrected chi connectivity index (χ4v) is 17.9. The van der Waals surface area contributed by atoms with Gasteiger partial charge in [0.25, 0.3) is 0 Å². The smallest absolute Gasteiger partial charge is 0.217 e. The molecule has 12 aliphatic heterocycles. The largest absolute Gasteiger partial charge is 0.394 e. The summed E-state index contributed by atoms with van der Waals surface area (Å²) in [5, 5.41) is 408. The number of carbonyl (C=O) groups excluding carboxylic acids is 2. The van der Waals surface area contributed by atoms with Crippen molar-refractivity contribution in [2.24, 2.45) is 0 Å². The molecule has 12 heterocycles. The topological polar surface area (TPSA) is 999 Å². The van der Waals surface area contributed by atoms with Crippen LogP contribution in [0.1, 0.15) is 13.8 Å². The number of aliphatic hydroxyl groups excluding tert-OH is 36. The van der Waals surface area contributed by atoms with Gasteiger partial charge in [0.15, 0.2) is 75.5 Å². The number of amides is 2. The van der Waals surface area contributed by atoms with Crippen LogP contribution in [-0.2, 0) is 119 Å². The Morgan fingerprint density at radius 1 is 0.187 bits per heavy atom. The predicted octanol–water partition coefficient (Wildman–Crippen LogP) is -26.9. The molecule has 808 valence electrons. The minimum atomic E-state index is -2.75. The molecule has 63 heteroatoms. The molecule has 0 aliphatic carbocycles. The van der Waals surface area contributed by atoms with Crippen LogP contribution in [0.2, 0.25) is 0 Å². The molecule has 0 spiro atoms. The first-order valence-corrected chi connectivity index (χ1v) is 44.2. The van der Waals surface area contributed by atoms with Crippen molar-refractivity contribution in [3.63, 3.8) is 0 Å². The van der Waals surface area contributed by atoms with Crippen LogP contribution in [0.25, 0.3) is 0 Å². The van der Waals surface area contributed by atoms with E-state index in [-0.39, 0.29) is 0 Å². The van der Waals surface area contributed by atoms with Gasteiger partial charge in [-0.05, 0) is 0 Å². The molecule has 63 nitrogen and oxygen atoms in total. The van der Waals surface area contributed by atoms with Gasteiger partial charge in [-0.3, -0.25) is 9.59 Å². The van der Waals surface area contributed by atoms with E-state index in [1.165, 1.54) is 0 Å². The van der Waals surface area contributed by atoms with Gasteiger partial charge in [0.05, 0.1) is 79.3 Å². The van der Waals surface area contributed by atoms with Crippen LogP contribution < -0.4 is 10.6 Å². The molecule has 0 radical (unpaired) electrons. The number of carbonyl (C=O) groups is 2. The van der Waals surface area contributed by atoms with Gasteiger partial charge in [0.2, 0.25) is 11.8 Å². The number of nitrogens with one attached hydrogen (secondary N) is 2. The monoisotopic (exact) mass is 2040 g/mol. The molecule has 60 atom stereocenters. The summed E-state index contributed by atoms with van der Waals surface area (Å²) >= 11 is 0. The van der Waals surface area contributed by atoms with Gasteiger partial charge in [0.1, 0.15) is 293 Å². The van der Waals surface area contributed by atoms with E-state index in [2.05, 4.69) is 10.6 Å². The highest BCUT2D eigenvalue weighted by Crippen LogP contribution is 2.43. The Labute approximate surface area is 784 Å². The van der Waals surface area contributed by atoms with Crippen molar-refractivity contribution < 1.29 is 302 Å². The second kappa shape index (κ2) is 49.8. The number of rotatable bonds is 36. The average Bonchev–Trinajstić information content (AvgIpc) is 0.782. The zero-order valence-electron chi connectivity index (χ0n) is 73.4. The molecule has 38 N–H and O–H groups in total. The molecule has 0 bridgehead atoms. The van der Waals surface area contributed by atoms with E-state index in [0.29, 0.717) is 0 Å². The summed E-state index contributed by atoms with van der Waals surface area (Å²) in [6, 6.07) is -3.77. The molecule has 2 amide bonds. The van der Waals surface area contributed by atoms with Crippen molar-refractivity contribution in [3.8, 4) is 0 Å². The first-order chi connectivity index (χ1) is 65.9. The van der Waals surface area contributed by atoms with Crippen molar-refractivity contribution in [2.45, 2.75) is 382 Å². The lowest BCUT2D eigenvalue weighted by atomic mass is 9.94. The highest BCUT2D eigenvalue weighted by atomic mass is 16.8. The molecule has 12 saturated heterocycles. The summed E-state index contributed by atoms with van der Waals surface area (Å²) in [7, 11) is 0. The summed E-state index contributed by atoms with van der Waals surface area (Å²) in [6.45, 7) is -12.4. The number of ether oxygens (including phenoxy) is 23. The summed E-state index contributed by atoms with van der Waals surface area (Å²) in [5.74, 6) is -1.86. The molecule has 0 aromatic carbocycles. The third-order valence-corrected chi connectivity index (χ3v) is 25.9. The van der Waals surface area contributed by atoms with Crippen LogP contribution in [0, 0.1) is 0 Å². The van der Waals surface area contributed by atoms with Crippen LogP contribution in [0.15, 0.2) is 0 Å². The van der Waals surface area contributed by atoms with E-state index in [4.69, 9.17) is 109 Å². The molecular formula is C76H128N2O61. The molecule has 139 heavy (non-hydrogen) atoms. The Hall–Kier alpha value is -3.42. The first kappa shape index (κ1) is 114. The highest BCUT2D eigenvalue weighted by molar-refractivity contribution is 5.73. The number of hydrogen-bond acceptors (Lipinski definition) is 61. The maximum Gasteiger partial charge on any atom is 0.217 e. The van der Waals surface area contributed by atoms with Crippen LogP contribution >= 0.6 is 0 Å². The van der Waals surface area contributed by atoms with Gasteiger partial charge < -0.3 is 303 Å². The van der Waals surface area contributed by atoms with Crippen molar-refractivity contribution in [2.75, 3.05) is 79.3 Å². The standard InChI is InChI=1S/C76H128N2O61/c1-15(89)77-29-41(101)56(25(11-87)119-65(29)116)131-66-30(78-16(2)90)42(102)57(26(12-88)128-66)132-72-55(115)60(135-75-64(49(109)37(97)22(8-84)126-75)139-76-63(48(108)36(96)23(9-85)127-76)138-71-54(114)58(38(98)24(10-86)123-71)133-68-50(110)43(103)31(91)17(3-79)120-68)40(100)28(130-72)13-117-67-53(113)59(134-74-62(47(107)35(95)21(7-83)125-74)137-70-52(112)45(105)33(93)19(5-81)122-70)39(99)27(129-67)14-118-73-61(46(106)34(94)20(6-82)124-73)136-69-51(111)44(104)32(92)18(4-80)121-69/h17-76,79-88,91-116H,3-14H2,1-2H3,(H,77,89)(H,78,90)/t17-,18-,19-,20-,21-,22+,23-,24-,25+,26+,27-,28+,29-,30-,31-,32-,33-,34-,35-,36-,37+,38-,39-,40+,41-,42-,43-,44-,45-,46-,47-,48-,49+,50+,51-,52-,53-,54-,55+,56+,57+,58+,59-,60-,61-,62+,63-,64-,65+,66-,67+,68+,69-,70-,71-,72?,73+,74-,75+,76-/m0/s1. The summed E-state index contributed by atoms with van der Waals surface area (Å²) in [6.07, 6.45) is -130. The maximum atomic E-state index is 13.2. The second-order valence-electron chi connectivity index (χ2n) is 35.2. The molecule has 0 aromatic heterocycles. The highest BCUT2D eigenvalue weighted by Gasteiger charge is 2.63. The quantitative estimate of drug-likeness (QED) is 0.0277. The minimum Gasteiger partial charge on any atom is -0.394 e. The van der Waals surface area contributed by atoms with Crippen LogP contribution in [-0.4, -0.2) is 643 Å². The van der Waals surface area contributed by atoms with Gasteiger partial charge >= 0.3 is 0 Å². The molecular weight excluding hydrogens is 1920 g/mol. The Morgan fingerprint density at radius 3 is 0.734 bits per heavy atom. The number of hydrogen-bond donors (Lipinski definition) is 38. The third-order valence-electron chi connectivity index (χ3n) is 25.9. The van der Waals surface area contributed by atoms with Crippen molar-refractivity contribution in [1.82, 2.24) is 10.6 Å². The molecule has 12 aliphatic rings. The van der Waals surface area contributed by atoms with Crippen LogP contribution in [0.4, 0.5) is 0 Å². The fourth-order valence-electron chi connectivity index (χ4n) is 17.9. The Bertz CT molecular complexity index is 3730. The lowest BCUT2D eigenvalue weighted by Crippen LogP contribution is -2.70. The summed E-state index contributed by atoms with van der Waals surface area (Å²) in [5.41, 5.74) is 0. The van der Waals surface area contributed by atoms with E-state index in [1.807, 2.05) is 0 Å². The lowest BCUT2D eigenvalue weighted by molar-refractivity contribution is -0.411. The normalized spacial score (nSPS) is 51.9. The van der Waals surface area contributed by atoms with Gasteiger partial charge in [-0.15, -0.1) is 0 Å². The lowest BCUT2D eigenvalue weighted by Gasteiger charge is -2.51. The zero-order chi connectivity index (χ0) is 102. The summed E-state index contributed by atoms with van der Waals surface area (Å²) in [4.78, 5) is 25.5. The van der Waals surface area contributed by atoms with E-state index in [0.717, 1.165) is 13.8 Å². The number of aliphatic hydroxyl groups is 36. The molecule has 1 unspecified atom stereocenters. The molecule has 12 fully saturated rings. The zero-order valence-corrected chi connectivity index (χ0v) is 73.4. The van der Waals surface area contributed by atoms with Crippen LogP contribution in [0.5, 0.6) is 0 Å². The summed E-state index contributed by atoms with van der Waals surface area (Å²) < 4.78 is 136. The molecule has 0 aromatic rings. The maximum absolute atomic E-state index is 13.2. The Kier molecular flexibility index (Phi) is 41.0. The van der Waals surface area contributed by atoms with E-state index in [9.17, 15) is 193 Å². The Morgan fingerprint density at radius 2 is 0.396 bits per heavy atom. The van der Waals surface area contributed by atoms with Gasteiger partial charge in [-0.25, -0.2) is 0 Å². The van der Waals surface area contributed by atoms with Gasteiger partial charge in [-0.2, -0.15) is 0 Å². The first-order valence-electron chi connectivity index (χ1n) is 44.2. The fraction of sp³-hybridized carbons (Fsp3) is 0.974. The average molecular weight is 2050 g/mol. The van der Waals surface area contributed by atoms with Crippen LogP contribution in [0.3, 0.4) is 0 Å². The van der Waals surface area contributed by atoms with Crippen molar-refractivity contribution >= 4 is 11.8 Å². The van der Waals surface area contributed by atoms with E-state index in [1.54, 1.807) is 0 Å². The molecule has 12 rings (SSSR count). The Balaban J connectivity index is 0.905. The van der Waals surface area contributed by atoms with Gasteiger partial charge in [0, 0.05) is 13.8 Å². The SMILES string of the molecule is CC(=O)N[C@@H]1[C@H](O[C@H]2[C@@H](O)[C@H](NC(C)=O)[C@H](O)O[C@@H]2CO)O[C@H](CO)[C@@H](OC2O[C@H](CO[C@@H]3O[C@@H](CO[C@@H]4O[C@@H](CO)[C@H](O)[C@H](O)[C@@H]4O[C@@H]4O[C@@H](CO)[C@H](O)[C@H](O)[C@@H]4O)[C@H](O)[C@H](O[C@@H]4O[C@@H](CO)[C@H](O)[C@H](O)[C@H]4O[C@@H]4O[C@@H](CO)[C@H](O)[C@H](O)[C@@H]4O)[C@@H]3O)[C@@H](O)[C@H](O[C@H]3O[C@H](CO)[C@@H](O)[C@@H](O)[C@@H]3O[C@@H]3O[C@@H](CO)[C@H](O)[C@H](O)[C@@H]3O[C@@H]3O[C@@H](CO)[C@H](O)[C@@H](O[C@H]4O[C@@H](CO)[C@H](O)[C@H](O)[C@H]4O)[C@@H]3O)[C@H]2O)[C@H]1O. The van der Waals surface area contributed by atoms with E-state index < -0.39 is 459 Å². The van der Waals surface area contributed by atoms with Crippen molar-refractivity contribution in [1.29, 1.82) is 0 Å². The molecule has 0 saturated carbocycles. The third kappa shape index (κ3) is 24.5. The second-order valence-corrected chi connectivity index (χ2v) is 35.2. The van der Waals surface area contributed by atoms with E-state index >= 15 is 0 Å².